The summed E-state index contributed by atoms with van der Waals surface area (Å²) < 4.78 is 5.78. The first kappa shape index (κ1) is 13.5. The van der Waals surface area contributed by atoms with Crippen LogP contribution < -0.4 is 5.32 Å². The molecule has 0 saturated heterocycles. The zero-order valence-corrected chi connectivity index (χ0v) is 11.7. The standard InChI is InChI=1S/C16H16N2O3/c1-18(8-9-19)16(20)17-11-6-7-13-12-4-2-3-5-14(12)21-15(13)10-11/h2-7,10,19H,8-9H2,1H3,(H,17,20). The summed E-state index contributed by atoms with van der Waals surface area (Å²) in [5, 5.41) is 13.7. The van der Waals surface area contributed by atoms with E-state index in [0.29, 0.717) is 12.2 Å². The number of likely N-dealkylation sites (N-methyl/N-ethyl adjacent to an activating group) is 1. The second-order valence-electron chi connectivity index (χ2n) is 4.88. The van der Waals surface area contributed by atoms with Gasteiger partial charge in [-0.1, -0.05) is 18.2 Å². The number of nitrogens with one attached hydrogen (secondary N) is 1. The molecule has 0 bridgehead atoms. The first-order chi connectivity index (χ1) is 10.2. The van der Waals surface area contributed by atoms with E-state index in [2.05, 4.69) is 5.32 Å². The number of amides is 2. The summed E-state index contributed by atoms with van der Waals surface area (Å²) in [4.78, 5) is 13.3. The van der Waals surface area contributed by atoms with E-state index in [4.69, 9.17) is 9.52 Å². The van der Waals surface area contributed by atoms with Crippen LogP contribution in [0.5, 0.6) is 0 Å². The molecule has 0 atom stereocenters. The Labute approximate surface area is 121 Å². The Bertz CT molecular complexity index is 794. The van der Waals surface area contributed by atoms with Gasteiger partial charge in [0.2, 0.25) is 0 Å². The monoisotopic (exact) mass is 284 g/mol. The Balaban J connectivity index is 1.91. The predicted octanol–water partition coefficient (Wildman–Crippen LogP) is 3.04. The van der Waals surface area contributed by atoms with Gasteiger partial charge in [-0.05, 0) is 18.2 Å². The van der Waals surface area contributed by atoms with Crippen molar-refractivity contribution < 1.29 is 14.3 Å². The molecule has 0 spiro atoms. The lowest BCUT2D eigenvalue weighted by atomic mass is 10.1. The number of hydrogen-bond acceptors (Lipinski definition) is 3. The molecule has 0 aliphatic heterocycles. The van der Waals surface area contributed by atoms with Crippen LogP contribution in [-0.2, 0) is 0 Å². The molecule has 21 heavy (non-hydrogen) atoms. The molecule has 1 heterocycles. The summed E-state index contributed by atoms with van der Waals surface area (Å²) >= 11 is 0. The number of anilines is 1. The molecule has 1 aromatic heterocycles. The van der Waals surface area contributed by atoms with Gasteiger partial charge in [-0.15, -0.1) is 0 Å². The molecule has 2 amide bonds. The van der Waals surface area contributed by atoms with Gasteiger partial charge in [0.15, 0.2) is 0 Å². The van der Waals surface area contributed by atoms with Gasteiger partial charge in [0.05, 0.1) is 6.61 Å². The van der Waals surface area contributed by atoms with E-state index in [1.165, 1.54) is 4.90 Å². The lowest BCUT2D eigenvalue weighted by Crippen LogP contribution is -2.33. The minimum atomic E-state index is -0.264. The molecular formula is C16H16N2O3. The molecular weight excluding hydrogens is 268 g/mol. The number of hydrogen-bond donors (Lipinski definition) is 2. The first-order valence-corrected chi connectivity index (χ1v) is 6.73. The van der Waals surface area contributed by atoms with Gasteiger partial charge in [-0.2, -0.15) is 0 Å². The molecule has 3 aromatic rings. The largest absolute Gasteiger partial charge is 0.456 e. The van der Waals surface area contributed by atoms with Gasteiger partial charge < -0.3 is 19.7 Å². The van der Waals surface area contributed by atoms with Crippen molar-refractivity contribution in [1.29, 1.82) is 0 Å². The van der Waals surface area contributed by atoms with Gasteiger partial charge in [-0.25, -0.2) is 4.79 Å². The molecule has 0 aliphatic carbocycles. The highest BCUT2D eigenvalue weighted by Crippen LogP contribution is 2.30. The Morgan fingerprint density at radius 3 is 2.76 bits per heavy atom. The third kappa shape index (κ3) is 2.55. The van der Waals surface area contributed by atoms with Crippen LogP contribution >= 0.6 is 0 Å². The van der Waals surface area contributed by atoms with Gasteiger partial charge in [-0.3, -0.25) is 0 Å². The highest BCUT2D eigenvalue weighted by atomic mass is 16.3. The minimum absolute atomic E-state index is 0.0630. The summed E-state index contributed by atoms with van der Waals surface area (Å²) in [6, 6.07) is 13.1. The highest BCUT2D eigenvalue weighted by Gasteiger charge is 2.10. The normalized spacial score (nSPS) is 11.0. The van der Waals surface area contributed by atoms with Crippen molar-refractivity contribution >= 4 is 33.7 Å². The van der Waals surface area contributed by atoms with Gasteiger partial charge in [0.1, 0.15) is 11.2 Å². The minimum Gasteiger partial charge on any atom is -0.456 e. The summed E-state index contributed by atoms with van der Waals surface area (Å²) in [7, 11) is 1.63. The lowest BCUT2D eigenvalue weighted by Gasteiger charge is -2.16. The maximum absolute atomic E-state index is 11.9. The van der Waals surface area contributed by atoms with E-state index < -0.39 is 0 Å². The topological polar surface area (TPSA) is 65.7 Å². The molecule has 5 nitrogen and oxygen atoms in total. The number of nitrogens with zero attached hydrogens (tertiary/aromatic N) is 1. The number of furan rings is 1. The maximum atomic E-state index is 11.9. The number of carbonyl (C=O) groups excluding carboxylic acids is 1. The first-order valence-electron chi connectivity index (χ1n) is 6.73. The molecule has 0 unspecified atom stereocenters. The Hall–Kier alpha value is -2.53. The fraction of sp³-hybridized carbons (Fsp3) is 0.188. The summed E-state index contributed by atoms with van der Waals surface area (Å²) in [6.07, 6.45) is 0. The van der Waals surface area contributed by atoms with Crippen molar-refractivity contribution in [3.63, 3.8) is 0 Å². The van der Waals surface area contributed by atoms with Gasteiger partial charge in [0, 0.05) is 36.1 Å². The average Bonchev–Trinajstić information content (AvgIpc) is 2.85. The number of aliphatic hydroxyl groups is 1. The average molecular weight is 284 g/mol. The second-order valence-corrected chi connectivity index (χ2v) is 4.88. The summed E-state index contributed by atoms with van der Waals surface area (Å²) in [6.45, 7) is 0.227. The van der Waals surface area contributed by atoms with Gasteiger partial charge in [0.25, 0.3) is 0 Å². The molecule has 0 fully saturated rings. The van der Waals surface area contributed by atoms with E-state index in [1.54, 1.807) is 13.1 Å². The number of rotatable bonds is 3. The molecule has 3 rings (SSSR count). The smallest absolute Gasteiger partial charge is 0.321 e. The van der Waals surface area contributed by atoms with Crippen molar-refractivity contribution in [3.8, 4) is 0 Å². The fourth-order valence-electron chi connectivity index (χ4n) is 2.27. The zero-order chi connectivity index (χ0) is 14.8. The van der Waals surface area contributed by atoms with Crippen molar-refractivity contribution in [2.75, 3.05) is 25.5 Å². The number of para-hydroxylation sites is 1. The van der Waals surface area contributed by atoms with Crippen molar-refractivity contribution in [2.24, 2.45) is 0 Å². The van der Waals surface area contributed by atoms with E-state index >= 15 is 0 Å². The van der Waals surface area contributed by atoms with Crippen LogP contribution in [0.15, 0.2) is 46.9 Å². The molecule has 5 heteroatoms. The van der Waals surface area contributed by atoms with Crippen LogP contribution in [0, 0.1) is 0 Å². The molecule has 0 saturated carbocycles. The molecule has 2 aromatic carbocycles. The van der Waals surface area contributed by atoms with Crippen molar-refractivity contribution in [3.05, 3.63) is 42.5 Å². The number of benzene rings is 2. The van der Waals surface area contributed by atoms with Crippen LogP contribution in [0.3, 0.4) is 0 Å². The number of urea groups is 1. The van der Waals surface area contributed by atoms with E-state index in [-0.39, 0.29) is 12.6 Å². The van der Waals surface area contributed by atoms with Crippen molar-refractivity contribution in [2.45, 2.75) is 0 Å². The quantitative estimate of drug-likeness (QED) is 0.777. The third-order valence-electron chi connectivity index (χ3n) is 3.41. The third-order valence-corrected chi connectivity index (χ3v) is 3.41. The zero-order valence-electron chi connectivity index (χ0n) is 11.7. The summed E-state index contributed by atoms with van der Waals surface area (Å²) in [5.41, 5.74) is 2.23. The summed E-state index contributed by atoms with van der Waals surface area (Å²) in [5.74, 6) is 0. The maximum Gasteiger partial charge on any atom is 0.321 e. The number of aliphatic hydroxyl groups excluding tert-OH is 1. The van der Waals surface area contributed by atoms with Crippen LogP contribution in [0.4, 0.5) is 10.5 Å². The van der Waals surface area contributed by atoms with E-state index in [0.717, 1.165) is 21.9 Å². The van der Waals surface area contributed by atoms with E-state index in [1.807, 2.05) is 36.4 Å². The SMILES string of the molecule is CN(CCO)C(=O)Nc1ccc2c(c1)oc1ccccc12. The van der Waals surface area contributed by atoms with Crippen LogP contribution in [0.25, 0.3) is 21.9 Å². The molecule has 108 valence electrons. The Kier molecular flexibility index (Phi) is 3.50. The van der Waals surface area contributed by atoms with Crippen molar-refractivity contribution in [1.82, 2.24) is 4.90 Å². The Morgan fingerprint density at radius 1 is 1.19 bits per heavy atom. The molecule has 0 aliphatic rings. The fourth-order valence-corrected chi connectivity index (χ4v) is 2.27. The van der Waals surface area contributed by atoms with Crippen LogP contribution in [0.2, 0.25) is 0 Å². The van der Waals surface area contributed by atoms with E-state index in [9.17, 15) is 4.79 Å². The predicted molar refractivity (Wildman–Crippen MR) is 82.5 cm³/mol. The Morgan fingerprint density at radius 2 is 1.95 bits per heavy atom. The number of carbonyl (C=O) groups is 1. The van der Waals surface area contributed by atoms with Crippen LogP contribution in [0.1, 0.15) is 0 Å². The molecule has 2 N–H and O–H groups in total. The lowest BCUT2D eigenvalue weighted by molar-refractivity contribution is 0.202. The second kappa shape index (κ2) is 5.46. The van der Waals surface area contributed by atoms with Gasteiger partial charge >= 0.3 is 6.03 Å². The van der Waals surface area contributed by atoms with Crippen LogP contribution in [-0.4, -0.2) is 36.2 Å². The highest BCUT2D eigenvalue weighted by molar-refractivity contribution is 6.06. The molecule has 0 radical (unpaired) electrons. The number of fused-ring (bicyclic) bond motifs is 3.